The number of nitrogens with one attached hydrogen (secondary N) is 1. The van der Waals surface area contributed by atoms with Gasteiger partial charge in [-0.2, -0.15) is 23.5 Å². The van der Waals surface area contributed by atoms with Crippen molar-refractivity contribution >= 4 is 23.5 Å². The van der Waals surface area contributed by atoms with E-state index in [0.717, 1.165) is 29.0 Å². The average molecular weight is 288 g/mol. The zero-order valence-corrected chi connectivity index (χ0v) is 13.6. The molecule has 1 saturated carbocycles. The molecule has 1 aliphatic carbocycles. The van der Waals surface area contributed by atoms with Crippen LogP contribution < -0.4 is 5.32 Å². The van der Waals surface area contributed by atoms with Gasteiger partial charge in [0, 0.05) is 28.0 Å². The first-order valence-corrected chi connectivity index (χ1v) is 9.93. The first-order chi connectivity index (χ1) is 8.86. The fraction of sp³-hybridized carbons (Fsp3) is 1.00. The van der Waals surface area contributed by atoms with Crippen molar-refractivity contribution in [3.05, 3.63) is 0 Å². The molecule has 106 valence electrons. The van der Waals surface area contributed by atoms with Crippen molar-refractivity contribution in [3.63, 3.8) is 0 Å². The van der Waals surface area contributed by atoms with Gasteiger partial charge in [-0.25, -0.2) is 0 Å². The molecule has 0 spiro atoms. The summed E-state index contributed by atoms with van der Waals surface area (Å²) in [6, 6.07) is 0.776. The number of rotatable bonds is 5. The molecule has 3 heteroatoms. The molecular formula is C15H29NS2. The van der Waals surface area contributed by atoms with Gasteiger partial charge < -0.3 is 5.32 Å². The summed E-state index contributed by atoms with van der Waals surface area (Å²) >= 11 is 4.48. The van der Waals surface area contributed by atoms with Crippen LogP contribution in [0.25, 0.3) is 0 Å². The Kier molecular flexibility index (Phi) is 6.74. The lowest BCUT2D eigenvalue weighted by Gasteiger charge is -2.41. The zero-order valence-electron chi connectivity index (χ0n) is 12.0. The largest absolute Gasteiger partial charge is 0.313 e. The van der Waals surface area contributed by atoms with Crippen LogP contribution in [0.5, 0.6) is 0 Å². The molecule has 0 aromatic carbocycles. The molecule has 2 rings (SSSR count). The van der Waals surface area contributed by atoms with Gasteiger partial charge in [0.15, 0.2) is 0 Å². The van der Waals surface area contributed by atoms with Gasteiger partial charge in [0.25, 0.3) is 0 Å². The van der Waals surface area contributed by atoms with Gasteiger partial charge in [-0.15, -0.1) is 0 Å². The number of hydrogen-bond donors (Lipinski definition) is 1. The van der Waals surface area contributed by atoms with Gasteiger partial charge in [-0.1, -0.05) is 33.1 Å². The average Bonchev–Trinajstić information content (AvgIpc) is 2.46. The lowest BCUT2D eigenvalue weighted by molar-refractivity contribution is 0.263. The summed E-state index contributed by atoms with van der Waals surface area (Å²) < 4.78 is 0. The summed E-state index contributed by atoms with van der Waals surface area (Å²) in [5.74, 6) is 3.67. The summed E-state index contributed by atoms with van der Waals surface area (Å²) in [6.45, 7) is 5.79. The van der Waals surface area contributed by atoms with Crippen LogP contribution in [0.3, 0.4) is 0 Å². The molecule has 2 aliphatic rings. The van der Waals surface area contributed by atoms with Crippen molar-refractivity contribution in [2.75, 3.05) is 18.1 Å². The van der Waals surface area contributed by atoms with Crippen LogP contribution in [0.2, 0.25) is 0 Å². The predicted molar refractivity (Wildman–Crippen MR) is 86.8 cm³/mol. The van der Waals surface area contributed by atoms with Crippen LogP contribution in [0.4, 0.5) is 0 Å². The molecule has 18 heavy (non-hydrogen) atoms. The molecule has 0 bridgehead atoms. The standard InChI is InChI=1S/C15H29NS2/c1-3-13-15(18-11-10-17-13)14(16-4-2)12-8-6-5-7-9-12/h12-16H,3-11H2,1-2H3. The van der Waals surface area contributed by atoms with Gasteiger partial charge in [0.1, 0.15) is 0 Å². The molecule has 1 aliphatic heterocycles. The molecule has 0 aromatic rings. The second-order valence-corrected chi connectivity index (χ2v) is 8.27. The van der Waals surface area contributed by atoms with E-state index in [1.165, 1.54) is 50.0 Å². The van der Waals surface area contributed by atoms with E-state index >= 15 is 0 Å². The maximum absolute atomic E-state index is 3.85. The first-order valence-electron chi connectivity index (χ1n) is 7.83. The highest BCUT2D eigenvalue weighted by Gasteiger charge is 2.36. The minimum atomic E-state index is 0.776. The van der Waals surface area contributed by atoms with Crippen LogP contribution in [0, 0.1) is 5.92 Å². The predicted octanol–water partition coefficient (Wildman–Crippen LogP) is 4.17. The smallest absolute Gasteiger partial charge is 0.0322 e. The van der Waals surface area contributed by atoms with E-state index in [1.807, 2.05) is 0 Å². The third kappa shape index (κ3) is 3.83. The Morgan fingerprint density at radius 3 is 2.44 bits per heavy atom. The fourth-order valence-corrected chi connectivity index (χ4v) is 6.89. The van der Waals surface area contributed by atoms with Gasteiger partial charge >= 0.3 is 0 Å². The monoisotopic (exact) mass is 287 g/mol. The number of thioether (sulfide) groups is 2. The maximum Gasteiger partial charge on any atom is 0.0322 e. The Morgan fingerprint density at radius 2 is 1.78 bits per heavy atom. The molecule has 1 saturated heterocycles. The van der Waals surface area contributed by atoms with Crippen LogP contribution in [-0.4, -0.2) is 34.6 Å². The van der Waals surface area contributed by atoms with Gasteiger partial charge in [0.2, 0.25) is 0 Å². The Morgan fingerprint density at radius 1 is 1.06 bits per heavy atom. The van der Waals surface area contributed by atoms with Crippen molar-refractivity contribution < 1.29 is 0 Å². The second kappa shape index (κ2) is 8.06. The van der Waals surface area contributed by atoms with Crippen molar-refractivity contribution in [3.8, 4) is 0 Å². The molecule has 3 atom stereocenters. The van der Waals surface area contributed by atoms with E-state index < -0.39 is 0 Å². The molecule has 0 amide bonds. The Bertz CT molecular complexity index is 229. The fourth-order valence-electron chi connectivity index (χ4n) is 3.55. The van der Waals surface area contributed by atoms with Gasteiger partial charge in [-0.05, 0) is 31.7 Å². The highest BCUT2D eigenvalue weighted by atomic mass is 32.2. The molecule has 1 heterocycles. The van der Waals surface area contributed by atoms with Crippen LogP contribution in [0.15, 0.2) is 0 Å². The van der Waals surface area contributed by atoms with Gasteiger partial charge in [-0.3, -0.25) is 0 Å². The Balaban J connectivity index is 2.01. The molecule has 0 radical (unpaired) electrons. The lowest BCUT2D eigenvalue weighted by Crippen LogP contribution is -2.49. The number of hydrogen-bond acceptors (Lipinski definition) is 3. The summed E-state index contributed by atoms with van der Waals surface area (Å²) in [6.07, 6.45) is 8.68. The van der Waals surface area contributed by atoms with E-state index in [2.05, 4.69) is 42.7 Å². The molecular weight excluding hydrogens is 258 g/mol. The van der Waals surface area contributed by atoms with E-state index in [1.54, 1.807) is 0 Å². The Labute approximate surface area is 122 Å². The molecule has 1 nitrogen and oxygen atoms in total. The quantitative estimate of drug-likeness (QED) is 0.815. The van der Waals surface area contributed by atoms with E-state index in [9.17, 15) is 0 Å². The third-order valence-electron chi connectivity index (χ3n) is 4.45. The van der Waals surface area contributed by atoms with Crippen LogP contribution >= 0.6 is 23.5 Å². The highest BCUT2D eigenvalue weighted by Crippen LogP contribution is 2.39. The third-order valence-corrected chi connectivity index (χ3v) is 7.82. The molecule has 2 fully saturated rings. The summed E-state index contributed by atoms with van der Waals surface area (Å²) in [7, 11) is 0. The zero-order chi connectivity index (χ0) is 12.8. The Hall–Kier alpha value is 0.660. The highest BCUT2D eigenvalue weighted by molar-refractivity contribution is 8.07. The van der Waals surface area contributed by atoms with Crippen LogP contribution in [-0.2, 0) is 0 Å². The van der Waals surface area contributed by atoms with Crippen molar-refractivity contribution in [2.24, 2.45) is 5.92 Å². The van der Waals surface area contributed by atoms with Gasteiger partial charge in [0.05, 0.1) is 0 Å². The maximum atomic E-state index is 3.85. The van der Waals surface area contributed by atoms with Crippen molar-refractivity contribution in [2.45, 2.75) is 68.9 Å². The van der Waals surface area contributed by atoms with E-state index in [0.29, 0.717) is 0 Å². The minimum absolute atomic E-state index is 0.776. The SMILES string of the molecule is CCNC(C1CCCCC1)C1SCCSC1CC. The minimum Gasteiger partial charge on any atom is -0.313 e. The summed E-state index contributed by atoms with van der Waals surface area (Å²) in [4.78, 5) is 0. The lowest BCUT2D eigenvalue weighted by atomic mass is 9.81. The van der Waals surface area contributed by atoms with Crippen LogP contribution in [0.1, 0.15) is 52.4 Å². The summed E-state index contributed by atoms with van der Waals surface area (Å²) in [5.41, 5.74) is 0. The van der Waals surface area contributed by atoms with Crippen molar-refractivity contribution in [1.29, 1.82) is 0 Å². The van der Waals surface area contributed by atoms with E-state index in [-0.39, 0.29) is 0 Å². The van der Waals surface area contributed by atoms with Crippen molar-refractivity contribution in [1.82, 2.24) is 5.32 Å². The topological polar surface area (TPSA) is 12.0 Å². The molecule has 0 aromatic heterocycles. The second-order valence-electron chi connectivity index (χ2n) is 5.63. The normalized spacial score (nSPS) is 32.3. The molecule has 3 unspecified atom stereocenters. The van der Waals surface area contributed by atoms with E-state index in [4.69, 9.17) is 0 Å². The molecule has 1 N–H and O–H groups in total. The first kappa shape index (κ1) is 15.1. The summed E-state index contributed by atoms with van der Waals surface area (Å²) in [5, 5.41) is 5.59.